The van der Waals surface area contributed by atoms with Gasteiger partial charge in [-0.2, -0.15) is 5.26 Å². The van der Waals surface area contributed by atoms with Crippen LogP contribution >= 0.6 is 11.8 Å². The van der Waals surface area contributed by atoms with E-state index in [-0.39, 0.29) is 12.3 Å². The molecule has 0 aliphatic heterocycles. The predicted molar refractivity (Wildman–Crippen MR) is 77.5 cm³/mol. The smallest absolute Gasteiger partial charge is 0.303 e. The predicted octanol–water partition coefficient (Wildman–Crippen LogP) is 3.19. The van der Waals surface area contributed by atoms with Crippen LogP contribution in [0, 0.1) is 17.2 Å². The maximum absolute atomic E-state index is 10.5. The van der Waals surface area contributed by atoms with Gasteiger partial charge >= 0.3 is 5.97 Å². The van der Waals surface area contributed by atoms with Gasteiger partial charge in [-0.25, -0.2) is 0 Å². The highest BCUT2D eigenvalue weighted by Crippen LogP contribution is 2.26. The number of hydrogen-bond acceptors (Lipinski definition) is 4. The summed E-state index contributed by atoms with van der Waals surface area (Å²) in [5.41, 5.74) is 1.47. The fraction of sp³-hybridized carbons (Fsp3) is 0.429. The molecule has 0 spiro atoms. The molecule has 0 saturated heterocycles. The molecule has 0 aromatic heterocycles. The second kappa shape index (κ2) is 7.70. The largest absolute Gasteiger partial charge is 0.481 e. The Hall–Kier alpha value is -1.67. The highest BCUT2D eigenvalue weighted by molar-refractivity contribution is 7.98. The van der Waals surface area contributed by atoms with Crippen LogP contribution in [0.3, 0.4) is 0 Å². The third kappa shape index (κ3) is 4.84. The van der Waals surface area contributed by atoms with Crippen molar-refractivity contribution in [1.82, 2.24) is 0 Å². The summed E-state index contributed by atoms with van der Waals surface area (Å²) in [6.45, 7) is 2.67. The van der Waals surface area contributed by atoms with Gasteiger partial charge in [0, 0.05) is 17.9 Å². The van der Waals surface area contributed by atoms with Gasteiger partial charge in [0.2, 0.25) is 0 Å². The van der Waals surface area contributed by atoms with Crippen LogP contribution in [0.4, 0.5) is 5.69 Å². The molecule has 0 aliphatic carbocycles. The lowest BCUT2D eigenvalue weighted by Gasteiger charge is -2.14. The molecule has 1 atom stereocenters. The van der Waals surface area contributed by atoms with Gasteiger partial charge < -0.3 is 10.4 Å². The van der Waals surface area contributed by atoms with Gasteiger partial charge in [0.15, 0.2) is 0 Å². The molecule has 5 heteroatoms. The van der Waals surface area contributed by atoms with E-state index in [2.05, 4.69) is 11.4 Å². The third-order valence-corrected chi connectivity index (χ3v) is 3.63. The normalized spacial score (nSPS) is 11.6. The number of carboxylic acid groups (broad SMARTS) is 1. The standard InChI is InChI=1S/C14H18N2O2S/c1-10(6-7-14(17)18)9-16-12-4-3-5-13(19-2)11(12)8-15/h3-5,10,16H,6-7,9H2,1-2H3,(H,17,18). The van der Waals surface area contributed by atoms with E-state index in [9.17, 15) is 10.1 Å². The van der Waals surface area contributed by atoms with Crippen LogP contribution in [0.5, 0.6) is 0 Å². The van der Waals surface area contributed by atoms with Gasteiger partial charge in [0.1, 0.15) is 6.07 Å². The van der Waals surface area contributed by atoms with Crippen LogP contribution in [0.15, 0.2) is 23.1 Å². The Balaban J connectivity index is 2.63. The Kier molecular flexibility index (Phi) is 6.23. The third-order valence-electron chi connectivity index (χ3n) is 2.85. The van der Waals surface area contributed by atoms with E-state index in [0.29, 0.717) is 18.5 Å². The molecule has 0 aliphatic rings. The number of thioether (sulfide) groups is 1. The monoisotopic (exact) mass is 278 g/mol. The van der Waals surface area contributed by atoms with Crippen molar-refractivity contribution in [3.05, 3.63) is 23.8 Å². The first-order valence-electron chi connectivity index (χ1n) is 6.11. The summed E-state index contributed by atoms with van der Waals surface area (Å²) in [5, 5.41) is 21.1. The van der Waals surface area contributed by atoms with Gasteiger partial charge in [-0.05, 0) is 30.7 Å². The Bertz CT molecular complexity index is 483. The van der Waals surface area contributed by atoms with Crippen LogP contribution in [0.2, 0.25) is 0 Å². The van der Waals surface area contributed by atoms with E-state index in [0.717, 1.165) is 10.6 Å². The van der Waals surface area contributed by atoms with E-state index in [1.54, 1.807) is 11.8 Å². The molecule has 0 heterocycles. The summed E-state index contributed by atoms with van der Waals surface area (Å²) in [4.78, 5) is 11.4. The molecule has 0 fully saturated rings. The number of aliphatic carboxylic acids is 1. The second-order valence-electron chi connectivity index (χ2n) is 4.41. The maximum atomic E-state index is 10.5. The lowest BCUT2D eigenvalue weighted by Crippen LogP contribution is -2.13. The zero-order valence-corrected chi connectivity index (χ0v) is 12.0. The van der Waals surface area contributed by atoms with Crippen LogP contribution in [0.25, 0.3) is 0 Å². The SMILES string of the molecule is CSc1cccc(NCC(C)CCC(=O)O)c1C#N. The number of carboxylic acids is 1. The number of benzene rings is 1. The molecular weight excluding hydrogens is 260 g/mol. The molecule has 2 N–H and O–H groups in total. The Morgan fingerprint density at radius 3 is 2.89 bits per heavy atom. The molecule has 4 nitrogen and oxygen atoms in total. The zero-order valence-electron chi connectivity index (χ0n) is 11.1. The summed E-state index contributed by atoms with van der Waals surface area (Å²) in [6, 6.07) is 7.92. The minimum absolute atomic E-state index is 0.179. The van der Waals surface area contributed by atoms with E-state index in [1.165, 1.54) is 0 Å². The van der Waals surface area contributed by atoms with Crippen LogP contribution in [-0.2, 0) is 4.79 Å². The molecule has 1 aromatic carbocycles. The topological polar surface area (TPSA) is 73.1 Å². The number of hydrogen-bond donors (Lipinski definition) is 2. The van der Waals surface area contributed by atoms with Crippen molar-refractivity contribution in [2.45, 2.75) is 24.7 Å². The average molecular weight is 278 g/mol. The van der Waals surface area contributed by atoms with Crippen LogP contribution < -0.4 is 5.32 Å². The number of nitrogens with one attached hydrogen (secondary N) is 1. The molecule has 1 unspecified atom stereocenters. The molecule has 1 rings (SSSR count). The lowest BCUT2D eigenvalue weighted by molar-refractivity contribution is -0.137. The first-order chi connectivity index (χ1) is 9.08. The number of anilines is 1. The molecule has 0 amide bonds. The molecular formula is C14H18N2O2S. The summed E-state index contributed by atoms with van der Waals surface area (Å²) < 4.78 is 0. The molecule has 19 heavy (non-hydrogen) atoms. The molecule has 1 aromatic rings. The highest BCUT2D eigenvalue weighted by Gasteiger charge is 2.09. The Morgan fingerprint density at radius 2 is 2.32 bits per heavy atom. The van der Waals surface area contributed by atoms with Crippen molar-refractivity contribution in [2.24, 2.45) is 5.92 Å². The van der Waals surface area contributed by atoms with E-state index >= 15 is 0 Å². The van der Waals surface area contributed by atoms with Gasteiger partial charge in [-0.15, -0.1) is 11.8 Å². The van der Waals surface area contributed by atoms with Crippen molar-refractivity contribution in [2.75, 3.05) is 18.1 Å². The first kappa shape index (κ1) is 15.4. The first-order valence-corrected chi connectivity index (χ1v) is 7.33. The molecule has 102 valence electrons. The fourth-order valence-corrected chi connectivity index (χ4v) is 2.29. The number of rotatable bonds is 7. The summed E-state index contributed by atoms with van der Waals surface area (Å²) in [7, 11) is 0. The van der Waals surface area contributed by atoms with Crippen molar-refractivity contribution >= 4 is 23.4 Å². The van der Waals surface area contributed by atoms with Crippen LogP contribution in [-0.4, -0.2) is 23.9 Å². The molecule has 0 bridgehead atoms. The van der Waals surface area contributed by atoms with Gasteiger partial charge in [0.05, 0.1) is 11.3 Å². The van der Waals surface area contributed by atoms with Gasteiger partial charge in [-0.3, -0.25) is 4.79 Å². The van der Waals surface area contributed by atoms with Gasteiger partial charge in [0.25, 0.3) is 0 Å². The quantitative estimate of drug-likeness (QED) is 0.749. The van der Waals surface area contributed by atoms with Gasteiger partial charge in [-0.1, -0.05) is 13.0 Å². The minimum Gasteiger partial charge on any atom is -0.481 e. The molecule has 0 radical (unpaired) electrons. The summed E-state index contributed by atoms with van der Waals surface area (Å²) >= 11 is 1.54. The molecule has 0 saturated carbocycles. The van der Waals surface area contributed by atoms with Crippen molar-refractivity contribution in [3.8, 4) is 6.07 Å². The second-order valence-corrected chi connectivity index (χ2v) is 5.26. The van der Waals surface area contributed by atoms with E-state index in [4.69, 9.17) is 5.11 Å². The highest BCUT2D eigenvalue weighted by atomic mass is 32.2. The number of carbonyl (C=O) groups is 1. The number of nitrogens with zero attached hydrogens (tertiary/aromatic N) is 1. The number of nitriles is 1. The fourth-order valence-electron chi connectivity index (χ4n) is 1.72. The average Bonchev–Trinajstić information content (AvgIpc) is 2.42. The lowest BCUT2D eigenvalue weighted by atomic mass is 10.1. The van der Waals surface area contributed by atoms with E-state index in [1.807, 2.05) is 31.4 Å². The Morgan fingerprint density at radius 1 is 1.58 bits per heavy atom. The minimum atomic E-state index is -0.769. The zero-order chi connectivity index (χ0) is 14.3. The summed E-state index contributed by atoms with van der Waals surface area (Å²) in [5.74, 6) is -0.519. The van der Waals surface area contributed by atoms with Crippen LogP contribution in [0.1, 0.15) is 25.3 Å². The van der Waals surface area contributed by atoms with Crippen molar-refractivity contribution < 1.29 is 9.90 Å². The maximum Gasteiger partial charge on any atom is 0.303 e. The van der Waals surface area contributed by atoms with Crippen molar-refractivity contribution in [1.29, 1.82) is 5.26 Å². The Labute approximate surface area is 117 Å². The van der Waals surface area contributed by atoms with Crippen molar-refractivity contribution in [3.63, 3.8) is 0 Å². The van der Waals surface area contributed by atoms with E-state index < -0.39 is 5.97 Å². The summed E-state index contributed by atoms with van der Waals surface area (Å²) in [6.07, 6.45) is 2.75.